The maximum absolute atomic E-state index is 10.1. The van der Waals surface area contributed by atoms with E-state index in [9.17, 15) is 5.11 Å². The molecule has 0 fully saturated rings. The second-order valence-corrected chi connectivity index (χ2v) is 4.38. The van der Waals surface area contributed by atoms with E-state index in [1.807, 2.05) is 37.7 Å². The van der Waals surface area contributed by atoms with Crippen LogP contribution in [-0.2, 0) is 13.5 Å². The Bertz CT molecular complexity index is 499. The first-order valence-corrected chi connectivity index (χ1v) is 5.79. The van der Waals surface area contributed by atoms with Crippen molar-refractivity contribution in [1.82, 2.24) is 9.55 Å². The van der Waals surface area contributed by atoms with Crippen LogP contribution in [0.3, 0.4) is 0 Å². The van der Waals surface area contributed by atoms with E-state index >= 15 is 0 Å². The van der Waals surface area contributed by atoms with Crippen LogP contribution in [0.2, 0.25) is 0 Å². The second-order valence-electron chi connectivity index (χ2n) is 4.38. The third-order valence-electron chi connectivity index (χ3n) is 3.00. The van der Waals surface area contributed by atoms with Crippen LogP contribution in [0.5, 0.6) is 0 Å². The Kier molecular flexibility index (Phi) is 3.33. The van der Waals surface area contributed by atoms with Crippen LogP contribution in [-0.4, -0.2) is 14.7 Å². The molecule has 1 unspecified atom stereocenters. The molecule has 4 heteroatoms. The van der Waals surface area contributed by atoms with Gasteiger partial charge in [0.15, 0.2) is 0 Å². The minimum absolute atomic E-state index is 0.482. The summed E-state index contributed by atoms with van der Waals surface area (Å²) < 4.78 is 7.39. The molecule has 4 nitrogen and oxygen atoms in total. The van der Waals surface area contributed by atoms with Gasteiger partial charge in [0.05, 0.1) is 6.10 Å². The van der Waals surface area contributed by atoms with Crippen molar-refractivity contribution >= 4 is 0 Å². The van der Waals surface area contributed by atoms with Crippen molar-refractivity contribution in [2.75, 3.05) is 0 Å². The molecule has 0 saturated carbocycles. The zero-order valence-corrected chi connectivity index (χ0v) is 10.5. The Hall–Kier alpha value is -1.55. The fraction of sp³-hybridized carbons (Fsp3) is 0.462. The van der Waals surface area contributed by atoms with Gasteiger partial charge >= 0.3 is 0 Å². The monoisotopic (exact) mass is 234 g/mol. The standard InChI is InChI=1S/C13H18N2O2/c1-9-8-11(10(2)17-9)12(16)4-5-13-14-6-7-15(13)3/h6-8,12,16H,4-5H2,1-3H3. The van der Waals surface area contributed by atoms with Gasteiger partial charge in [0.1, 0.15) is 17.3 Å². The smallest absolute Gasteiger partial charge is 0.108 e. The third kappa shape index (κ3) is 2.58. The fourth-order valence-electron chi connectivity index (χ4n) is 2.04. The van der Waals surface area contributed by atoms with Gasteiger partial charge in [-0.05, 0) is 26.3 Å². The molecule has 0 radical (unpaired) electrons. The minimum Gasteiger partial charge on any atom is -0.466 e. The lowest BCUT2D eigenvalue weighted by Gasteiger charge is -2.09. The van der Waals surface area contributed by atoms with Crippen molar-refractivity contribution in [2.45, 2.75) is 32.8 Å². The molecular formula is C13H18N2O2. The van der Waals surface area contributed by atoms with Crippen molar-refractivity contribution in [1.29, 1.82) is 0 Å². The molecule has 0 aliphatic rings. The highest BCUT2D eigenvalue weighted by molar-refractivity contribution is 5.22. The SMILES string of the molecule is Cc1cc(C(O)CCc2nccn2C)c(C)o1. The first kappa shape index (κ1) is 11.9. The maximum Gasteiger partial charge on any atom is 0.108 e. The molecule has 1 N–H and O–H groups in total. The zero-order valence-electron chi connectivity index (χ0n) is 10.5. The quantitative estimate of drug-likeness (QED) is 0.883. The molecule has 92 valence electrons. The van der Waals surface area contributed by atoms with Gasteiger partial charge in [0.2, 0.25) is 0 Å². The molecule has 2 rings (SSSR count). The van der Waals surface area contributed by atoms with E-state index in [-0.39, 0.29) is 0 Å². The van der Waals surface area contributed by atoms with Crippen LogP contribution in [0.4, 0.5) is 0 Å². The molecule has 0 aliphatic heterocycles. The van der Waals surface area contributed by atoms with E-state index in [1.54, 1.807) is 6.20 Å². The molecule has 0 spiro atoms. The number of furan rings is 1. The molecule has 0 aliphatic carbocycles. The molecule has 0 amide bonds. The summed E-state index contributed by atoms with van der Waals surface area (Å²) in [5.74, 6) is 2.63. The Morgan fingerprint density at radius 3 is 2.76 bits per heavy atom. The van der Waals surface area contributed by atoms with E-state index in [2.05, 4.69) is 4.98 Å². The summed E-state index contributed by atoms with van der Waals surface area (Å²) in [5, 5.41) is 10.1. The van der Waals surface area contributed by atoms with Gasteiger partial charge in [-0.15, -0.1) is 0 Å². The number of aliphatic hydroxyl groups excluding tert-OH is 1. The molecule has 0 bridgehead atoms. The molecule has 1 atom stereocenters. The molecule has 2 aromatic rings. The summed E-state index contributed by atoms with van der Waals surface area (Å²) in [6.45, 7) is 3.77. The number of aromatic nitrogens is 2. The highest BCUT2D eigenvalue weighted by Gasteiger charge is 2.15. The largest absolute Gasteiger partial charge is 0.466 e. The predicted octanol–water partition coefficient (Wildman–Crippen LogP) is 2.30. The number of rotatable bonds is 4. The van der Waals surface area contributed by atoms with E-state index < -0.39 is 6.10 Å². The number of imidazole rings is 1. The number of hydrogen-bond donors (Lipinski definition) is 1. The van der Waals surface area contributed by atoms with Crippen molar-refractivity contribution in [3.63, 3.8) is 0 Å². The normalized spacial score (nSPS) is 12.9. The molecule has 2 heterocycles. The molecule has 0 aromatic carbocycles. The third-order valence-corrected chi connectivity index (χ3v) is 3.00. The minimum atomic E-state index is -0.482. The van der Waals surface area contributed by atoms with Crippen LogP contribution in [0.15, 0.2) is 22.9 Å². The molecular weight excluding hydrogens is 216 g/mol. The van der Waals surface area contributed by atoms with Crippen LogP contribution in [0, 0.1) is 13.8 Å². The van der Waals surface area contributed by atoms with Crippen molar-refractivity contribution in [3.05, 3.63) is 41.4 Å². The lowest BCUT2D eigenvalue weighted by molar-refractivity contribution is 0.165. The maximum atomic E-state index is 10.1. The summed E-state index contributed by atoms with van der Waals surface area (Å²) in [7, 11) is 1.96. The van der Waals surface area contributed by atoms with Crippen molar-refractivity contribution in [3.8, 4) is 0 Å². The Balaban J connectivity index is 2.00. The second kappa shape index (κ2) is 4.75. The van der Waals surface area contributed by atoms with E-state index in [4.69, 9.17) is 4.42 Å². The highest BCUT2D eigenvalue weighted by atomic mass is 16.3. The molecule has 2 aromatic heterocycles. The average Bonchev–Trinajstić information content (AvgIpc) is 2.81. The highest BCUT2D eigenvalue weighted by Crippen LogP contribution is 2.24. The first-order valence-electron chi connectivity index (χ1n) is 5.79. The number of aryl methyl sites for hydroxylation is 4. The number of nitrogens with zero attached hydrogens (tertiary/aromatic N) is 2. The van der Waals surface area contributed by atoms with Crippen LogP contribution in [0.1, 0.15) is 35.4 Å². The summed E-state index contributed by atoms with van der Waals surface area (Å²) in [6, 6.07) is 1.90. The molecule has 0 saturated heterocycles. The van der Waals surface area contributed by atoms with E-state index in [0.717, 1.165) is 29.3 Å². The van der Waals surface area contributed by atoms with Gasteiger partial charge in [0.25, 0.3) is 0 Å². The fourth-order valence-corrected chi connectivity index (χ4v) is 2.04. The van der Waals surface area contributed by atoms with Crippen molar-refractivity contribution in [2.24, 2.45) is 7.05 Å². The Morgan fingerprint density at radius 1 is 1.47 bits per heavy atom. The summed E-state index contributed by atoms with van der Waals surface area (Å²) in [4.78, 5) is 4.24. The topological polar surface area (TPSA) is 51.2 Å². The van der Waals surface area contributed by atoms with Gasteiger partial charge in [-0.1, -0.05) is 0 Å². The number of hydrogen-bond acceptors (Lipinski definition) is 3. The summed E-state index contributed by atoms with van der Waals surface area (Å²) in [6.07, 6.45) is 4.62. The van der Waals surface area contributed by atoms with E-state index in [0.29, 0.717) is 6.42 Å². The van der Waals surface area contributed by atoms with Crippen LogP contribution >= 0.6 is 0 Å². The van der Waals surface area contributed by atoms with Gasteiger partial charge < -0.3 is 14.1 Å². The summed E-state index contributed by atoms with van der Waals surface area (Å²) in [5.41, 5.74) is 0.886. The Morgan fingerprint density at radius 2 is 2.24 bits per heavy atom. The molecule has 17 heavy (non-hydrogen) atoms. The van der Waals surface area contributed by atoms with Gasteiger partial charge in [-0.25, -0.2) is 4.98 Å². The van der Waals surface area contributed by atoms with Crippen molar-refractivity contribution < 1.29 is 9.52 Å². The van der Waals surface area contributed by atoms with Crippen LogP contribution < -0.4 is 0 Å². The average molecular weight is 234 g/mol. The Labute approximate surface area is 101 Å². The van der Waals surface area contributed by atoms with Gasteiger partial charge in [-0.3, -0.25) is 0 Å². The summed E-state index contributed by atoms with van der Waals surface area (Å²) >= 11 is 0. The van der Waals surface area contributed by atoms with Gasteiger partial charge in [0, 0.05) is 31.4 Å². The lowest BCUT2D eigenvalue weighted by Crippen LogP contribution is -2.03. The first-order chi connectivity index (χ1) is 8.08. The van der Waals surface area contributed by atoms with Crippen LogP contribution in [0.25, 0.3) is 0 Å². The van der Waals surface area contributed by atoms with Gasteiger partial charge in [-0.2, -0.15) is 0 Å². The van der Waals surface area contributed by atoms with E-state index in [1.165, 1.54) is 0 Å². The lowest BCUT2D eigenvalue weighted by atomic mass is 10.1. The number of aliphatic hydroxyl groups is 1. The zero-order chi connectivity index (χ0) is 12.4. The predicted molar refractivity (Wildman–Crippen MR) is 64.7 cm³/mol.